The average molecular weight is 216 g/mol. The first kappa shape index (κ1) is 14.7. The van der Waals surface area contributed by atoms with Gasteiger partial charge >= 0.3 is 0 Å². The molecule has 0 radical (unpaired) electrons. The van der Waals surface area contributed by atoms with Gasteiger partial charge in [0.1, 0.15) is 0 Å². The molecule has 0 bridgehead atoms. The van der Waals surface area contributed by atoms with Gasteiger partial charge in [-0.05, 0) is 35.5 Å². The molecule has 0 aromatic heterocycles. The Bertz CT molecular complexity index is 322. The van der Waals surface area contributed by atoms with Crippen LogP contribution >= 0.6 is 0 Å². The van der Waals surface area contributed by atoms with Crippen molar-refractivity contribution in [2.45, 2.75) is 34.1 Å². The van der Waals surface area contributed by atoms with Crippen molar-refractivity contribution in [2.75, 3.05) is 0 Å². The SMILES string of the molecule is C=C=CC(=C)C1=CC2CC2C=C1.CC.CC. The first-order valence-corrected chi connectivity index (χ1v) is 6.26. The third-order valence-corrected chi connectivity index (χ3v) is 2.45. The van der Waals surface area contributed by atoms with Gasteiger partial charge < -0.3 is 0 Å². The predicted octanol–water partition coefficient (Wildman–Crippen LogP) is 5.07. The van der Waals surface area contributed by atoms with E-state index >= 15 is 0 Å². The van der Waals surface area contributed by atoms with Gasteiger partial charge in [0.25, 0.3) is 0 Å². The van der Waals surface area contributed by atoms with Gasteiger partial charge in [-0.1, -0.05) is 59.1 Å². The molecule has 0 saturated heterocycles. The second-order valence-corrected chi connectivity index (χ2v) is 3.42. The molecular formula is C16H24. The van der Waals surface area contributed by atoms with E-state index in [2.05, 4.69) is 37.1 Å². The molecule has 0 heterocycles. The summed E-state index contributed by atoms with van der Waals surface area (Å²) < 4.78 is 0. The second-order valence-electron chi connectivity index (χ2n) is 3.42. The fraction of sp³-hybridized carbons (Fsp3) is 0.438. The smallest absolute Gasteiger partial charge is 0.0133 e. The molecule has 2 rings (SSSR count). The molecule has 0 aromatic rings. The topological polar surface area (TPSA) is 0 Å². The maximum absolute atomic E-state index is 3.94. The summed E-state index contributed by atoms with van der Waals surface area (Å²) in [6, 6.07) is 0. The highest BCUT2D eigenvalue weighted by Crippen LogP contribution is 2.45. The zero-order valence-electron chi connectivity index (χ0n) is 11.1. The van der Waals surface area contributed by atoms with Crippen molar-refractivity contribution in [3.63, 3.8) is 0 Å². The van der Waals surface area contributed by atoms with Crippen molar-refractivity contribution in [2.24, 2.45) is 11.8 Å². The molecule has 88 valence electrons. The minimum Gasteiger partial charge on any atom is -0.128 e. The maximum atomic E-state index is 3.94. The van der Waals surface area contributed by atoms with E-state index in [1.54, 1.807) is 0 Å². The van der Waals surface area contributed by atoms with Gasteiger partial charge in [-0.2, -0.15) is 0 Å². The lowest BCUT2D eigenvalue weighted by Crippen LogP contribution is -1.88. The van der Waals surface area contributed by atoms with Crippen LogP contribution in [0.25, 0.3) is 0 Å². The Morgan fingerprint density at radius 3 is 2.44 bits per heavy atom. The Kier molecular flexibility index (Phi) is 7.33. The van der Waals surface area contributed by atoms with Crippen LogP contribution in [-0.4, -0.2) is 0 Å². The van der Waals surface area contributed by atoms with Crippen LogP contribution in [0.2, 0.25) is 0 Å². The molecule has 0 amide bonds. The summed E-state index contributed by atoms with van der Waals surface area (Å²) >= 11 is 0. The monoisotopic (exact) mass is 216 g/mol. The molecule has 2 unspecified atom stereocenters. The molecule has 0 spiro atoms. The fourth-order valence-corrected chi connectivity index (χ4v) is 1.58. The zero-order chi connectivity index (χ0) is 12.6. The summed E-state index contributed by atoms with van der Waals surface area (Å²) in [6.07, 6.45) is 9.90. The van der Waals surface area contributed by atoms with Gasteiger partial charge in [0.05, 0.1) is 0 Å². The van der Waals surface area contributed by atoms with E-state index in [1.807, 2.05) is 33.8 Å². The number of rotatable bonds is 2. The van der Waals surface area contributed by atoms with E-state index < -0.39 is 0 Å². The number of allylic oxidation sites excluding steroid dienone is 6. The molecular weight excluding hydrogens is 192 g/mol. The van der Waals surface area contributed by atoms with Crippen LogP contribution in [0.15, 0.2) is 54.3 Å². The fourth-order valence-electron chi connectivity index (χ4n) is 1.58. The lowest BCUT2D eigenvalue weighted by Gasteiger charge is -2.04. The van der Waals surface area contributed by atoms with Crippen LogP contribution in [0.4, 0.5) is 0 Å². The van der Waals surface area contributed by atoms with Crippen molar-refractivity contribution >= 4 is 0 Å². The molecule has 16 heavy (non-hydrogen) atoms. The quantitative estimate of drug-likeness (QED) is 0.446. The van der Waals surface area contributed by atoms with E-state index in [0.29, 0.717) is 0 Å². The zero-order valence-corrected chi connectivity index (χ0v) is 11.1. The van der Waals surface area contributed by atoms with Crippen LogP contribution in [0.5, 0.6) is 0 Å². The Balaban J connectivity index is 0.000000509. The lowest BCUT2D eigenvalue weighted by atomic mass is 10.0. The Labute approximate surface area is 101 Å². The maximum Gasteiger partial charge on any atom is -0.0133 e. The largest absolute Gasteiger partial charge is 0.128 e. The molecule has 2 aliphatic rings. The normalized spacial score (nSPS) is 23.1. The van der Waals surface area contributed by atoms with Gasteiger partial charge in [-0.25, -0.2) is 0 Å². The minimum absolute atomic E-state index is 0.792. The van der Waals surface area contributed by atoms with Crippen molar-refractivity contribution in [3.8, 4) is 0 Å². The first-order valence-electron chi connectivity index (χ1n) is 6.26. The molecule has 2 aliphatic carbocycles. The summed E-state index contributed by atoms with van der Waals surface area (Å²) in [5.74, 6) is 1.62. The predicted molar refractivity (Wildman–Crippen MR) is 74.4 cm³/mol. The van der Waals surface area contributed by atoms with Crippen LogP contribution < -0.4 is 0 Å². The summed E-state index contributed by atoms with van der Waals surface area (Å²) in [5, 5.41) is 0. The molecule has 0 aromatic carbocycles. The van der Waals surface area contributed by atoms with Crippen LogP contribution in [0, 0.1) is 11.8 Å². The Morgan fingerprint density at radius 2 is 1.94 bits per heavy atom. The van der Waals surface area contributed by atoms with E-state index in [9.17, 15) is 0 Å². The third-order valence-electron chi connectivity index (χ3n) is 2.45. The highest BCUT2D eigenvalue weighted by Gasteiger charge is 2.34. The van der Waals surface area contributed by atoms with E-state index in [1.165, 1.54) is 12.0 Å². The van der Waals surface area contributed by atoms with Gasteiger partial charge in [-0.3, -0.25) is 0 Å². The van der Waals surface area contributed by atoms with Crippen molar-refractivity contribution < 1.29 is 0 Å². The van der Waals surface area contributed by atoms with Gasteiger partial charge in [-0.15, -0.1) is 5.73 Å². The summed E-state index contributed by atoms with van der Waals surface area (Å²) in [7, 11) is 0. The van der Waals surface area contributed by atoms with Crippen molar-refractivity contribution in [3.05, 3.63) is 54.3 Å². The number of fused-ring (bicyclic) bond motifs is 1. The lowest BCUT2D eigenvalue weighted by molar-refractivity contribution is 0.968. The van der Waals surface area contributed by atoms with Crippen molar-refractivity contribution in [1.29, 1.82) is 0 Å². The highest BCUT2D eigenvalue weighted by atomic mass is 14.4. The highest BCUT2D eigenvalue weighted by molar-refractivity contribution is 5.48. The van der Waals surface area contributed by atoms with Crippen LogP contribution in [0.3, 0.4) is 0 Å². The minimum atomic E-state index is 0.792. The van der Waals surface area contributed by atoms with Crippen LogP contribution in [-0.2, 0) is 0 Å². The molecule has 1 saturated carbocycles. The molecule has 2 atom stereocenters. The summed E-state index contributed by atoms with van der Waals surface area (Å²) in [5.41, 5.74) is 5.00. The molecule has 0 N–H and O–H groups in total. The van der Waals surface area contributed by atoms with E-state index in [4.69, 9.17) is 0 Å². The Morgan fingerprint density at radius 1 is 1.31 bits per heavy atom. The molecule has 0 nitrogen and oxygen atoms in total. The summed E-state index contributed by atoms with van der Waals surface area (Å²) in [6.45, 7) is 15.5. The van der Waals surface area contributed by atoms with Gasteiger partial charge in [0.15, 0.2) is 0 Å². The first-order chi connectivity index (χ1) is 7.81. The second kappa shape index (κ2) is 7.96. The third kappa shape index (κ3) is 4.08. The van der Waals surface area contributed by atoms with Crippen LogP contribution in [0.1, 0.15) is 34.1 Å². The van der Waals surface area contributed by atoms with Crippen molar-refractivity contribution in [1.82, 2.24) is 0 Å². The number of hydrogen-bond donors (Lipinski definition) is 0. The molecule has 1 fully saturated rings. The van der Waals surface area contributed by atoms with Gasteiger partial charge in [0, 0.05) is 0 Å². The molecule has 0 heteroatoms. The Hall–Kier alpha value is -1.26. The number of hydrogen-bond acceptors (Lipinski definition) is 0. The standard InChI is InChI=1S/C12H12.2C2H6/c1-3-4-9(2)10-5-6-11-8-12(11)7-10;2*1-2/h4-7,11-12H,1-2,8H2;2*1-2H3. The van der Waals surface area contributed by atoms with E-state index in [0.717, 1.165) is 17.4 Å². The molecule has 0 aliphatic heterocycles. The average Bonchev–Trinajstić information content (AvgIpc) is 3.12. The van der Waals surface area contributed by atoms with E-state index in [-0.39, 0.29) is 0 Å². The summed E-state index contributed by atoms with van der Waals surface area (Å²) in [4.78, 5) is 0. The van der Waals surface area contributed by atoms with Gasteiger partial charge in [0.2, 0.25) is 0 Å².